The summed E-state index contributed by atoms with van der Waals surface area (Å²) in [6.07, 6.45) is 7.21. The molecule has 0 aromatic carbocycles. The van der Waals surface area contributed by atoms with Gasteiger partial charge in [-0.2, -0.15) is 0 Å². The van der Waals surface area contributed by atoms with Gasteiger partial charge in [-0.3, -0.25) is 4.79 Å². The highest BCUT2D eigenvalue weighted by Crippen LogP contribution is 2.63. The van der Waals surface area contributed by atoms with Gasteiger partial charge in [0.05, 0.1) is 12.7 Å². The first-order valence-electron chi connectivity index (χ1n) is 11.7. The highest BCUT2D eigenvalue weighted by atomic mass is 16.7. The molecule has 1 amide bonds. The number of nitrogens with zero attached hydrogens (tertiary/aromatic N) is 1. The molecule has 5 heteroatoms. The van der Waals surface area contributed by atoms with Gasteiger partial charge in [-0.15, -0.1) is 0 Å². The maximum atomic E-state index is 11.4. The Hall–Kier alpha value is -0.910. The third kappa shape index (κ3) is 3.90. The maximum absolute atomic E-state index is 11.4. The lowest BCUT2D eigenvalue weighted by Crippen LogP contribution is -2.61. The number of hydrogen-bond donors (Lipinski definition) is 1. The molecule has 164 valence electrons. The Morgan fingerprint density at radius 2 is 2.07 bits per heavy atom. The van der Waals surface area contributed by atoms with E-state index in [-0.39, 0.29) is 23.0 Å². The molecule has 2 aliphatic heterocycles. The zero-order chi connectivity index (χ0) is 20.8. The van der Waals surface area contributed by atoms with Crippen LogP contribution in [0.3, 0.4) is 0 Å². The van der Waals surface area contributed by atoms with Gasteiger partial charge < -0.3 is 19.7 Å². The molecular formula is C24H40N2O3. The highest BCUT2D eigenvalue weighted by molar-refractivity contribution is 5.73. The monoisotopic (exact) mass is 404 g/mol. The fourth-order valence-electron chi connectivity index (χ4n) is 7.24. The van der Waals surface area contributed by atoms with E-state index in [0.717, 1.165) is 45.5 Å². The van der Waals surface area contributed by atoms with Crippen molar-refractivity contribution in [2.24, 2.45) is 22.7 Å². The van der Waals surface area contributed by atoms with Crippen LogP contribution in [0.2, 0.25) is 0 Å². The van der Waals surface area contributed by atoms with Gasteiger partial charge in [0, 0.05) is 31.5 Å². The van der Waals surface area contributed by atoms with E-state index in [0.29, 0.717) is 24.0 Å². The Balaban J connectivity index is 1.44. The molecule has 0 aromatic heterocycles. The molecule has 4 aliphatic rings. The van der Waals surface area contributed by atoms with Gasteiger partial charge in [-0.1, -0.05) is 26.0 Å². The molecule has 1 N–H and O–H groups in total. The number of rotatable bonds is 4. The number of carbonyl (C=O) groups excluding carboxylic acids is 1. The van der Waals surface area contributed by atoms with E-state index in [2.05, 4.69) is 30.6 Å². The van der Waals surface area contributed by atoms with Crippen LogP contribution in [0.5, 0.6) is 0 Å². The van der Waals surface area contributed by atoms with E-state index in [9.17, 15) is 4.79 Å². The van der Waals surface area contributed by atoms with Crippen LogP contribution in [0.25, 0.3) is 0 Å². The molecule has 29 heavy (non-hydrogen) atoms. The third-order valence-electron chi connectivity index (χ3n) is 8.71. The van der Waals surface area contributed by atoms with Crippen molar-refractivity contribution in [1.29, 1.82) is 0 Å². The van der Waals surface area contributed by atoms with Crippen LogP contribution < -0.4 is 5.32 Å². The zero-order valence-electron chi connectivity index (χ0n) is 18.8. The van der Waals surface area contributed by atoms with Gasteiger partial charge in [-0.25, -0.2) is 0 Å². The standard InChI is InChI=1S/C24H40N2O3/c1-16-6-7-21-23(4,11-8-22-24(21,5)15-28-18(3)29-22)20(16)10-13-26-12-9-19(14-26)25-17(2)27/h18-22H,1,6-15H2,2-5H3,(H,25,27)/t18-,19+,20-,21?,22-,23+,24+/m1/s1. The van der Waals surface area contributed by atoms with Gasteiger partial charge in [0.15, 0.2) is 6.29 Å². The van der Waals surface area contributed by atoms with Gasteiger partial charge in [0.2, 0.25) is 5.91 Å². The number of likely N-dealkylation sites (tertiary alicyclic amines) is 1. The lowest BCUT2D eigenvalue weighted by atomic mass is 9.46. The van der Waals surface area contributed by atoms with Crippen molar-refractivity contribution in [2.75, 3.05) is 26.2 Å². The van der Waals surface area contributed by atoms with Crippen LogP contribution in [0.15, 0.2) is 12.2 Å². The number of amides is 1. The summed E-state index contributed by atoms with van der Waals surface area (Å²) >= 11 is 0. The molecule has 2 saturated heterocycles. The second-order valence-electron chi connectivity index (χ2n) is 10.6. The average Bonchev–Trinajstić information content (AvgIpc) is 3.08. The summed E-state index contributed by atoms with van der Waals surface area (Å²) in [5.74, 6) is 1.28. The molecule has 0 radical (unpaired) electrons. The van der Waals surface area contributed by atoms with E-state index in [1.165, 1.54) is 24.8 Å². The molecule has 2 aliphatic carbocycles. The van der Waals surface area contributed by atoms with Crippen molar-refractivity contribution >= 4 is 5.91 Å². The van der Waals surface area contributed by atoms with E-state index in [1.807, 2.05) is 6.92 Å². The summed E-state index contributed by atoms with van der Waals surface area (Å²) in [4.78, 5) is 13.9. The first kappa shape index (κ1) is 21.3. The number of allylic oxidation sites excluding steroid dienone is 1. The average molecular weight is 405 g/mol. The van der Waals surface area contributed by atoms with Crippen molar-refractivity contribution < 1.29 is 14.3 Å². The Kier molecular flexibility index (Phi) is 5.86. The molecule has 7 atom stereocenters. The van der Waals surface area contributed by atoms with E-state index >= 15 is 0 Å². The van der Waals surface area contributed by atoms with Crippen molar-refractivity contribution in [3.05, 3.63) is 12.2 Å². The second-order valence-corrected chi connectivity index (χ2v) is 10.6. The van der Waals surface area contributed by atoms with Crippen LogP contribution in [0.4, 0.5) is 0 Å². The topological polar surface area (TPSA) is 50.8 Å². The fraction of sp³-hybridized carbons (Fsp3) is 0.875. The third-order valence-corrected chi connectivity index (χ3v) is 8.71. The Morgan fingerprint density at radius 1 is 1.28 bits per heavy atom. The summed E-state index contributed by atoms with van der Waals surface area (Å²) in [5.41, 5.74) is 1.85. The number of carbonyl (C=O) groups is 1. The van der Waals surface area contributed by atoms with Crippen LogP contribution in [0, 0.1) is 22.7 Å². The van der Waals surface area contributed by atoms with Gasteiger partial charge >= 0.3 is 0 Å². The fourth-order valence-corrected chi connectivity index (χ4v) is 7.24. The highest BCUT2D eigenvalue weighted by Gasteiger charge is 2.59. The molecule has 0 aromatic rings. The van der Waals surface area contributed by atoms with Crippen molar-refractivity contribution in [3.63, 3.8) is 0 Å². The Bertz CT molecular complexity index is 652. The van der Waals surface area contributed by atoms with Crippen molar-refractivity contribution in [2.45, 2.75) is 84.7 Å². The molecule has 5 nitrogen and oxygen atoms in total. The molecule has 2 saturated carbocycles. The minimum Gasteiger partial charge on any atom is -0.352 e. The summed E-state index contributed by atoms with van der Waals surface area (Å²) in [5, 5.41) is 3.08. The zero-order valence-corrected chi connectivity index (χ0v) is 18.8. The van der Waals surface area contributed by atoms with Crippen LogP contribution in [0.1, 0.15) is 66.2 Å². The molecular weight excluding hydrogens is 364 g/mol. The minimum absolute atomic E-state index is 0.0708. The maximum Gasteiger partial charge on any atom is 0.217 e. The first-order chi connectivity index (χ1) is 13.7. The molecule has 4 rings (SSSR count). The predicted octanol–water partition coefficient (Wildman–Crippen LogP) is 3.74. The number of ether oxygens (including phenoxy) is 2. The van der Waals surface area contributed by atoms with Crippen LogP contribution in [-0.4, -0.2) is 55.5 Å². The largest absolute Gasteiger partial charge is 0.352 e. The SMILES string of the molecule is C=C1CCC2[C@]3(C)CO[C@@H](C)O[C@@H]3CC[C@@]2(C)[C@@H]1CCN1CC[C@H](NC(C)=O)C1. The van der Waals surface area contributed by atoms with E-state index in [4.69, 9.17) is 9.47 Å². The number of hydrogen-bond acceptors (Lipinski definition) is 4. The summed E-state index contributed by atoms with van der Waals surface area (Å²) < 4.78 is 12.3. The minimum atomic E-state index is -0.0708. The Morgan fingerprint density at radius 3 is 2.83 bits per heavy atom. The lowest BCUT2D eigenvalue weighted by molar-refractivity contribution is -0.297. The normalized spacial score (nSPS) is 45.5. The quantitative estimate of drug-likeness (QED) is 0.725. The van der Waals surface area contributed by atoms with Crippen LogP contribution in [-0.2, 0) is 14.3 Å². The Labute approximate surface area is 176 Å². The number of fused-ring (bicyclic) bond motifs is 3. The van der Waals surface area contributed by atoms with Gasteiger partial charge in [0.25, 0.3) is 0 Å². The van der Waals surface area contributed by atoms with E-state index in [1.54, 1.807) is 6.92 Å². The lowest BCUT2D eigenvalue weighted by Gasteiger charge is -2.62. The van der Waals surface area contributed by atoms with E-state index < -0.39 is 0 Å². The summed E-state index contributed by atoms with van der Waals surface area (Å²) in [6, 6.07) is 0.318. The molecule has 4 fully saturated rings. The predicted molar refractivity (Wildman–Crippen MR) is 114 cm³/mol. The molecule has 1 unspecified atom stereocenters. The number of nitrogens with one attached hydrogen (secondary N) is 1. The summed E-state index contributed by atoms with van der Waals surface area (Å²) in [7, 11) is 0. The molecule has 0 spiro atoms. The first-order valence-corrected chi connectivity index (χ1v) is 11.7. The van der Waals surface area contributed by atoms with Crippen molar-refractivity contribution in [3.8, 4) is 0 Å². The van der Waals surface area contributed by atoms with Crippen LogP contribution >= 0.6 is 0 Å². The van der Waals surface area contributed by atoms with Crippen molar-refractivity contribution in [1.82, 2.24) is 10.2 Å². The second kappa shape index (κ2) is 7.97. The molecule has 2 heterocycles. The smallest absolute Gasteiger partial charge is 0.217 e. The molecule has 0 bridgehead atoms. The van der Waals surface area contributed by atoms with Gasteiger partial charge in [-0.05, 0) is 69.2 Å². The van der Waals surface area contributed by atoms with Gasteiger partial charge in [0.1, 0.15) is 0 Å². The summed E-state index contributed by atoms with van der Waals surface area (Å²) in [6.45, 7) is 17.1.